The molecule has 0 bridgehead atoms. The summed E-state index contributed by atoms with van der Waals surface area (Å²) >= 11 is 0. The number of carbonyl (C=O) groups excluding carboxylic acids is 1. The van der Waals surface area contributed by atoms with E-state index in [1.807, 2.05) is 0 Å². The third-order valence-electron chi connectivity index (χ3n) is 1.65. The molecule has 0 spiro atoms. The molecule has 0 aliphatic carbocycles. The Hall–Kier alpha value is -2.55. The van der Waals surface area contributed by atoms with Crippen LogP contribution in [-0.2, 0) is 4.79 Å². The predicted molar refractivity (Wildman–Crippen MR) is 55.7 cm³/mol. The third kappa shape index (κ3) is 3.31. The van der Waals surface area contributed by atoms with Gasteiger partial charge in [0.15, 0.2) is 0 Å². The number of nitriles is 1. The van der Waals surface area contributed by atoms with Crippen LogP contribution in [0.4, 0.5) is 0 Å². The van der Waals surface area contributed by atoms with Crippen molar-refractivity contribution < 1.29 is 15.0 Å². The Labute approximate surface area is 91.4 Å². The molecule has 0 heterocycles. The van der Waals surface area contributed by atoms with Crippen molar-refractivity contribution in [3.05, 3.63) is 23.8 Å². The Balaban J connectivity index is 2.63. The summed E-state index contributed by atoms with van der Waals surface area (Å²) in [6.07, 6.45) is 0.933. The highest BCUT2D eigenvalue weighted by molar-refractivity contribution is 5.85. The highest BCUT2D eigenvalue weighted by Gasteiger charge is 2.00. The molecule has 0 aliphatic rings. The van der Waals surface area contributed by atoms with Crippen molar-refractivity contribution in [1.29, 1.82) is 5.26 Å². The molecule has 0 unspecified atom stereocenters. The average molecular weight is 219 g/mol. The summed E-state index contributed by atoms with van der Waals surface area (Å²) in [5.41, 5.74) is 2.45. The first-order valence-electron chi connectivity index (χ1n) is 4.34. The maximum absolute atomic E-state index is 10.8. The molecule has 0 aromatic heterocycles. The summed E-state index contributed by atoms with van der Waals surface area (Å²) in [4.78, 5) is 10.8. The Morgan fingerprint density at radius 3 is 2.94 bits per heavy atom. The lowest BCUT2D eigenvalue weighted by Crippen LogP contribution is -2.16. The van der Waals surface area contributed by atoms with E-state index in [1.165, 1.54) is 18.3 Å². The van der Waals surface area contributed by atoms with Gasteiger partial charge in [0.25, 0.3) is 5.91 Å². The summed E-state index contributed by atoms with van der Waals surface area (Å²) in [5.74, 6) is -0.751. The van der Waals surface area contributed by atoms with Crippen LogP contribution in [0.3, 0.4) is 0 Å². The topological polar surface area (TPSA) is 106 Å². The van der Waals surface area contributed by atoms with E-state index in [-0.39, 0.29) is 17.9 Å². The van der Waals surface area contributed by atoms with Gasteiger partial charge in [-0.25, -0.2) is 5.43 Å². The van der Waals surface area contributed by atoms with Gasteiger partial charge in [0.1, 0.15) is 17.9 Å². The molecule has 6 heteroatoms. The zero-order valence-corrected chi connectivity index (χ0v) is 8.21. The number of carbonyl (C=O) groups is 1. The summed E-state index contributed by atoms with van der Waals surface area (Å²) in [7, 11) is 0. The molecule has 0 atom stereocenters. The number of phenolic OH excluding ortho intramolecular Hbond substituents is 2. The minimum atomic E-state index is -0.531. The number of nitrogens with one attached hydrogen (secondary N) is 1. The van der Waals surface area contributed by atoms with Crippen molar-refractivity contribution in [1.82, 2.24) is 5.43 Å². The van der Waals surface area contributed by atoms with E-state index in [1.54, 1.807) is 6.07 Å². The minimum absolute atomic E-state index is 0.0665. The predicted octanol–water partition coefficient (Wildman–Crippen LogP) is 0.462. The molecule has 0 aliphatic heterocycles. The van der Waals surface area contributed by atoms with Gasteiger partial charge in [-0.3, -0.25) is 4.79 Å². The molecule has 3 N–H and O–H groups in total. The van der Waals surface area contributed by atoms with Crippen molar-refractivity contribution in [3.8, 4) is 17.6 Å². The number of hydrogen-bond acceptors (Lipinski definition) is 5. The molecular formula is C10H9N3O3. The lowest BCUT2D eigenvalue weighted by Gasteiger charge is -1.99. The number of phenols is 2. The maximum Gasteiger partial charge on any atom is 0.254 e. The first-order valence-corrected chi connectivity index (χ1v) is 4.34. The number of nitrogens with zero attached hydrogens (tertiary/aromatic N) is 2. The SMILES string of the molecule is N#CCC(=O)N/N=C/c1ccc(O)cc1O. The highest BCUT2D eigenvalue weighted by atomic mass is 16.3. The van der Waals surface area contributed by atoms with Crippen LogP contribution in [0.2, 0.25) is 0 Å². The lowest BCUT2D eigenvalue weighted by molar-refractivity contribution is -0.120. The molecular weight excluding hydrogens is 210 g/mol. The van der Waals surface area contributed by atoms with Crippen LogP contribution in [0.1, 0.15) is 12.0 Å². The van der Waals surface area contributed by atoms with E-state index < -0.39 is 5.91 Å². The summed E-state index contributed by atoms with van der Waals surface area (Å²) in [6.45, 7) is 0. The zero-order valence-electron chi connectivity index (χ0n) is 8.21. The quantitative estimate of drug-likeness (QED) is 0.507. The Bertz CT molecular complexity index is 463. The second-order valence-corrected chi connectivity index (χ2v) is 2.87. The molecule has 6 nitrogen and oxygen atoms in total. The monoisotopic (exact) mass is 219 g/mol. The number of rotatable bonds is 3. The molecule has 1 aromatic rings. The summed E-state index contributed by atoms with van der Waals surface area (Å²) < 4.78 is 0. The fourth-order valence-corrected chi connectivity index (χ4v) is 0.926. The molecule has 0 saturated heterocycles. The van der Waals surface area contributed by atoms with Crippen LogP contribution in [0.15, 0.2) is 23.3 Å². The van der Waals surface area contributed by atoms with Crippen LogP contribution in [0.25, 0.3) is 0 Å². The molecule has 1 rings (SSSR count). The van der Waals surface area contributed by atoms with Gasteiger partial charge >= 0.3 is 0 Å². The Morgan fingerprint density at radius 1 is 1.56 bits per heavy atom. The van der Waals surface area contributed by atoms with Gasteiger partial charge in [0.05, 0.1) is 12.3 Å². The molecule has 0 radical (unpaired) electrons. The van der Waals surface area contributed by atoms with Gasteiger partial charge < -0.3 is 10.2 Å². The fraction of sp³-hybridized carbons (Fsp3) is 0.100. The van der Waals surface area contributed by atoms with E-state index in [9.17, 15) is 9.90 Å². The van der Waals surface area contributed by atoms with Crippen LogP contribution >= 0.6 is 0 Å². The van der Waals surface area contributed by atoms with Gasteiger partial charge in [-0.1, -0.05) is 0 Å². The van der Waals surface area contributed by atoms with E-state index in [0.29, 0.717) is 5.56 Å². The molecule has 82 valence electrons. The largest absolute Gasteiger partial charge is 0.508 e. The molecule has 1 aromatic carbocycles. The lowest BCUT2D eigenvalue weighted by atomic mass is 10.2. The van der Waals surface area contributed by atoms with Gasteiger partial charge in [-0.15, -0.1) is 0 Å². The second kappa shape index (κ2) is 5.36. The van der Waals surface area contributed by atoms with Crippen molar-refractivity contribution in [2.24, 2.45) is 5.10 Å². The summed E-state index contributed by atoms with van der Waals surface area (Å²) in [6, 6.07) is 5.63. The second-order valence-electron chi connectivity index (χ2n) is 2.87. The zero-order chi connectivity index (χ0) is 12.0. The van der Waals surface area contributed by atoms with Crippen molar-refractivity contribution in [3.63, 3.8) is 0 Å². The summed E-state index contributed by atoms with van der Waals surface area (Å²) in [5, 5.41) is 30.1. The van der Waals surface area contributed by atoms with Gasteiger partial charge in [0, 0.05) is 11.6 Å². The smallest absolute Gasteiger partial charge is 0.254 e. The number of hydrazone groups is 1. The molecule has 16 heavy (non-hydrogen) atoms. The number of benzene rings is 1. The van der Waals surface area contributed by atoms with Crippen LogP contribution in [-0.4, -0.2) is 22.3 Å². The van der Waals surface area contributed by atoms with E-state index >= 15 is 0 Å². The molecule has 1 amide bonds. The van der Waals surface area contributed by atoms with Crippen molar-refractivity contribution in [2.75, 3.05) is 0 Å². The van der Waals surface area contributed by atoms with Gasteiger partial charge in [-0.2, -0.15) is 10.4 Å². The number of hydrogen-bond donors (Lipinski definition) is 3. The Morgan fingerprint density at radius 2 is 2.31 bits per heavy atom. The van der Waals surface area contributed by atoms with E-state index in [4.69, 9.17) is 10.4 Å². The number of amides is 1. The van der Waals surface area contributed by atoms with Crippen LogP contribution in [0.5, 0.6) is 11.5 Å². The van der Waals surface area contributed by atoms with Gasteiger partial charge in [0.2, 0.25) is 0 Å². The van der Waals surface area contributed by atoms with Crippen LogP contribution in [0, 0.1) is 11.3 Å². The third-order valence-corrected chi connectivity index (χ3v) is 1.65. The fourth-order valence-electron chi connectivity index (χ4n) is 0.926. The minimum Gasteiger partial charge on any atom is -0.508 e. The first kappa shape index (κ1) is 11.5. The molecule has 0 fully saturated rings. The van der Waals surface area contributed by atoms with E-state index in [2.05, 4.69) is 10.5 Å². The van der Waals surface area contributed by atoms with E-state index in [0.717, 1.165) is 6.07 Å². The molecule has 0 saturated carbocycles. The van der Waals surface area contributed by atoms with Crippen molar-refractivity contribution >= 4 is 12.1 Å². The maximum atomic E-state index is 10.8. The standard InChI is InChI=1S/C10H9N3O3/c11-4-3-10(16)13-12-6-7-1-2-8(14)5-9(7)15/h1-2,5-6,14-15H,3H2,(H,13,16)/b12-6+. The van der Waals surface area contributed by atoms with Gasteiger partial charge in [-0.05, 0) is 12.1 Å². The normalized spacial score (nSPS) is 9.94. The number of aromatic hydroxyl groups is 2. The highest BCUT2D eigenvalue weighted by Crippen LogP contribution is 2.20. The average Bonchev–Trinajstić information content (AvgIpc) is 2.22. The van der Waals surface area contributed by atoms with Crippen LogP contribution < -0.4 is 5.43 Å². The Kier molecular flexibility index (Phi) is 3.86. The van der Waals surface area contributed by atoms with Crippen molar-refractivity contribution in [2.45, 2.75) is 6.42 Å². The first-order chi connectivity index (χ1) is 7.63.